The first-order valence-electron chi connectivity index (χ1n) is 9.41. The van der Waals surface area contributed by atoms with Gasteiger partial charge in [0.1, 0.15) is 17.1 Å². The monoisotopic (exact) mass is 419 g/mol. The average Bonchev–Trinajstić information content (AvgIpc) is 2.66. The summed E-state index contributed by atoms with van der Waals surface area (Å²) in [5, 5.41) is 3.76. The third-order valence-electron chi connectivity index (χ3n) is 4.75. The minimum atomic E-state index is -0.373. The maximum absolute atomic E-state index is 13.0. The molecule has 2 aromatic rings. The Labute approximate surface area is 175 Å². The summed E-state index contributed by atoms with van der Waals surface area (Å²) >= 11 is 7.52. The Bertz CT molecular complexity index is 838. The molecule has 0 unspecified atom stereocenters. The molecule has 2 atom stereocenters. The van der Waals surface area contributed by atoms with E-state index in [-0.39, 0.29) is 22.8 Å². The van der Waals surface area contributed by atoms with Crippen molar-refractivity contribution in [2.75, 3.05) is 7.11 Å². The molecular formula is C22H26ClNO3S. The highest BCUT2D eigenvalue weighted by atomic mass is 35.5. The maximum atomic E-state index is 13.0. The van der Waals surface area contributed by atoms with Gasteiger partial charge in [0.2, 0.25) is 5.91 Å². The van der Waals surface area contributed by atoms with Crippen LogP contribution in [0.2, 0.25) is 5.02 Å². The van der Waals surface area contributed by atoms with Crippen molar-refractivity contribution in [3.05, 3.63) is 53.1 Å². The third-order valence-corrected chi connectivity index (χ3v) is 6.38. The summed E-state index contributed by atoms with van der Waals surface area (Å²) in [4.78, 5) is 14.1. The second-order valence-corrected chi connectivity index (χ2v) is 9.21. The smallest absolute Gasteiger partial charge is 0.233 e. The van der Waals surface area contributed by atoms with Gasteiger partial charge in [0.25, 0.3) is 0 Å². The number of fused-ring (bicyclic) bond motifs is 1. The Morgan fingerprint density at radius 1 is 1.32 bits per heavy atom. The molecule has 1 aliphatic rings. The Kier molecular flexibility index (Phi) is 6.46. The molecule has 1 N–H and O–H groups in total. The second kappa shape index (κ2) is 8.66. The summed E-state index contributed by atoms with van der Waals surface area (Å²) in [6.45, 7) is 6.10. The fourth-order valence-electron chi connectivity index (χ4n) is 3.35. The van der Waals surface area contributed by atoms with Crippen LogP contribution in [0.4, 0.5) is 0 Å². The van der Waals surface area contributed by atoms with Gasteiger partial charge in [-0.2, -0.15) is 0 Å². The van der Waals surface area contributed by atoms with Gasteiger partial charge < -0.3 is 14.8 Å². The van der Waals surface area contributed by atoms with E-state index in [0.29, 0.717) is 11.4 Å². The minimum Gasteiger partial charge on any atom is -0.497 e. The summed E-state index contributed by atoms with van der Waals surface area (Å²) in [5.74, 6) is 1.54. The molecule has 0 aromatic heterocycles. The van der Waals surface area contributed by atoms with Crippen molar-refractivity contribution in [1.82, 2.24) is 5.32 Å². The van der Waals surface area contributed by atoms with Gasteiger partial charge in [-0.15, -0.1) is 11.8 Å². The molecule has 0 saturated heterocycles. The molecule has 28 heavy (non-hydrogen) atoms. The first-order chi connectivity index (χ1) is 13.3. The van der Waals surface area contributed by atoms with Crippen LogP contribution in [-0.2, 0) is 4.79 Å². The highest BCUT2D eigenvalue weighted by Crippen LogP contribution is 2.41. The number of carbonyl (C=O) groups excluding carboxylic acids is 1. The van der Waals surface area contributed by atoms with Gasteiger partial charge in [-0.1, -0.05) is 18.5 Å². The van der Waals surface area contributed by atoms with Crippen LogP contribution in [0, 0.1) is 0 Å². The number of halogens is 1. The lowest BCUT2D eigenvalue weighted by Gasteiger charge is -2.38. The average molecular weight is 420 g/mol. The molecule has 0 spiro atoms. The van der Waals surface area contributed by atoms with Crippen molar-refractivity contribution in [1.29, 1.82) is 0 Å². The lowest BCUT2D eigenvalue weighted by Crippen LogP contribution is -2.43. The van der Waals surface area contributed by atoms with Crippen LogP contribution in [-0.4, -0.2) is 23.9 Å². The van der Waals surface area contributed by atoms with E-state index in [4.69, 9.17) is 21.1 Å². The molecule has 1 heterocycles. The van der Waals surface area contributed by atoms with Gasteiger partial charge in [0.05, 0.1) is 18.4 Å². The number of benzene rings is 2. The molecule has 0 aliphatic carbocycles. The van der Waals surface area contributed by atoms with Gasteiger partial charge >= 0.3 is 0 Å². The first kappa shape index (κ1) is 20.9. The van der Waals surface area contributed by atoms with Gasteiger partial charge in [0, 0.05) is 28.0 Å². The Morgan fingerprint density at radius 2 is 2.04 bits per heavy atom. The van der Waals surface area contributed by atoms with E-state index in [0.717, 1.165) is 28.4 Å². The van der Waals surface area contributed by atoms with E-state index in [2.05, 4.69) is 5.32 Å². The lowest BCUT2D eigenvalue weighted by molar-refractivity contribution is -0.121. The third kappa shape index (κ3) is 4.95. The summed E-state index contributed by atoms with van der Waals surface area (Å²) in [6.07, 6.45) is 1.45. The van der Waals surface area contributed by atoms with Crippen LogP contribution >= 0.6 is 23.4 Å². The van der Waals surface area contributed by atoms with Crippen molar-refractivity contribution in [3.8, 4) is 11.5 Å². The summed E-state index contributed by atoms with van der Waals surface area (Å²) in [7, 11) is 1.63. The molecule has 1 aliphatic heterocycles. The number of amides is 1. The molecule has 150 valence electrons. The topological polar surface area (TPSA) is 47.6 Å². The fourth-order valence-corrected chi connectivity index (χ4v) is 4.44. The van der Waals surface area contributed by atoms with Gasteiger partial charge in [0.15, 0.2) is 0 Å². The molecular weight excluding hydrogens is 394 g/mol. The maximum Gasteiger partial charge on any atom is 0.233 e. The highest BCUT2D eigenvalue weighted by molar-refractivity contribution is 8.00. The Morgan fingerprint density at radius 3 is 2.68 bits per heavy atom. The van der Waals surface area contributed by atoms with Crippen molar-refractivity contribution in [2.45, 2.75) is 55.4 Å². The molecule has 3 rings (SSSR count). The van der Waals surface area contributed by atoms with Gasteiger partial charge in [-0.3, -0.25) is 4.79 Å². The molecule has 2 aromatic carbocycles. The van der Waals surface area contributed by atoms with Crippen LogP contribution in [0.5, 0.6) is 11.5 Å². The van der Waals surface area contributed by atoms with E-state index in [9.17, 15) is 4.79 Å². The quantitative estimate of drug-likeness (QED) is 0.615. The zero-order valence-corrected chi connectivity index (χ0v) is 18.2. The van der Waals surface area contributed by atoms with Crippen molar-refractivity contribution in [3.63, 3.8) is 0 Å². The molecule has 6 heteroatoms. The first-order valence-corrected chi connectivity index (χ1v) is 10.7. The van der Waals surface area contributed by atoms with Crippen molar-refractivity contribution >= 4 is 29.3 Å². The summed E-state index contributed by atoms with van der Waals surface area (Å²) < 4.78 is 11.4. The normalized spacial score (nSPS) is 18.5. The fraction of sp³-hybridized carbons (Fsp3) is 0.409. The van der Waals surface area contributed by atoms with E-state index in [1.807, 2.05) is 63.2 Å². The van der Waals surface area contributed by atoms with Crippen LogP contribution in [0.3, 0.4) is 0 Å². The largest absolute Gasteiger partial charge is 0.497 e. The van der Waals surface area contributed by atoms with E-state index in [1.54, 1.807) is 18.9 Å². The zero-order chi connectivity index (χ0) is 20.3. The highest BCUT2D eigenvalue weighted by Gasteiger charge is 2.35. The second-order valence-electron chi connectivity index (χ2n) is 7.50. The molecule has 0 bridgehead atoms. The molecule has 0 fully saturated rings. The number of hydrogen-bond donors (Lipinski definition) is 1. The number of methoxy groups -OCH3 is 1. The predicted molar refractivity (Wildman–Crippen MR) is 115 cm³/mol. The zero-order valence-electron chi connectivity index (χ0n) is 16.6. The van der Waals surface area contributed by atoms with E-state index >= 15 is 0 Å². The number of ether oxygens (including phenoxy) is 2. The minimum absolute atomic E-state index is 0.0342. The number of thioether (sulfide) groups is 1. The number of hydrogen-bond acceptors (Lipinski definition) is 4. The SMILES string of the molecule is CC[C@@H](Sc1ccc(Cl)cc1)C(=O)N[C@@H]1CC(C)(C)Oc2cc(OC)ccc21. The van der Waals surface area contributed by atoms with Gasteiger partial charge in [-0.05, 0) is 56.7 Å². The van der Waals surface area contributed by atoms with Crippen LogP contribution in [0.25, 0.3) is 0 Å². The van der Waals surface area contributed by atoms with E-state index < -0.39 is 0 Å². The van der Waals surface area contributed by atoms with Crippen LogP contribution in [0.1, 0.15) is 45.2 Å². The van der Waals surface area contributed by atoms with Gasteiger partial charge in [-0.25, -0.2) is 0 Å². The predicted octanol–water partition coefficient (Wildman–Crippen LogP) is 5.64. The molecule has 0 saturated carbocycles. The van der Waals surface area contributed by atoms with Crippen LogP contribution < -0.4 is 14.8 Å². The Hall–Kier alpha value is -1.85. The number of nitrogens with one attached hydrogen (secondary N) is 1. The summed E-state index contributed by atoms with van der Waals surface area (Å²) in [5.41, 5.74) is 0.613. The lowest BCUT2D eigenvalue weighted by atomic mass is 9.89. The molecule has 1 amide bonds. The van der Waals surface area contributed by atoms with Crippen LogP contribution in [0.15, 0.2) is 47.4 Å². The van der Waals surface area contributed by atoms with Crippen molar-refractivity contribution in [2.24, 2.45) is 0 Å². The number of rotatable bonds is 6. The standard InChI is InChI=1S/C22H26ClNO3S/c1-5-20(28-16-9-6-14(23)7-10-16)21(25)24-18-13-22(2,3)27-19-12-15(26-4)8-11-17(18)19/h6-12,18,20H,5,13H2,1-4H3,(H,24,25)/t18-,20-/m1/s1. The summed E-state index contributed by atoms with van der Waals surface area (Å²) in [6, 6.07) is 13.2. The molecule has 4 nitrogen and oxygen atoms in total. The van der Waals surface area contributed by atoms with E-state index in [1.165, 1.54) is 0 Å². The van der Waals surface area contributed by atoms with Crippen molar-refractivity contribution < 1.29 is 14.3 Å². The number of carbonyl (C=O) groups is 1. The molecule has 0 radical (unpaired) electrons. The Balaban J connectivity index is 1.77.